The maximum atomic E-state index is 12.2. The lowest BCUT2D eigenvalue weighted by molar-refractivity contribution is -0.132. The van der Waals surface area contributed by atoms with E-state index in [0.29, 0.717) is 12.5 Å². The molecule has 1 aromatic rings. The molecular weight excluding hydrogens is 236 g/mol. The van der Waals surface area contributed by atoms with Crippen LogP contribution in [0.3, 0.4) is 0 Å². The number of carbonyl (C=O) groups is 1. The van der Waals surface area contributed by atoms with E-state index < -0.39 is 0 Å². The molecular formula is C16H24N2O. The van der Waals surface area contributed by atoms with Gasteiger partial charge in [-0.15, -0.1) is 0 Å². The monoisotopic (exact) mass is 260 g/mol. The minimum Gasteiger partial charge on any atom is -0.339 e. The van der Waals surface area contributed by atoms with Crippen LogP contribution in [0.25, 0.3) is 0 Å². The zero-order valence-corrected chi connectivity index (χ0v) is 11.9. The summed E-state index contributed by atoms with van der Waals surface area (Å²) in [7, 11) is 0. The lowest BCUT2D eigenvalue weighted by Gasteiger charge is -2.26. The summed E-state index contributed by atoms with van der Waals surface area (Å²) in [6, 6.07) is 8.75. The van der Waals surface area contributed by atoms with Crippen molar-refractivity contribution in [2.24, 2.45) is 5.73 Å². The fraction of sp³-hybridized carbons (Fsp3) is 0.562. The first-order valence-electron chi connectivity index (χ1n) is 7.17. The molecule has 0 aromatic heterocycles. The van der Waals surface area contributed by atoms with E-state index in [1.165, 1.54) is 11.1 Å². The molecule has 1 aromatic carbocycles. The SMILES string of the molecule is Cc1ccccc1CC1CCCN1C(=O)CC(C)N. The molecule has 1 amide bonds. The van der Waals surface area contributed by atoms with Gasteiger partial charge in [0.2, 0.25) is 5.91 Å². The van der Waals surface area contributed by atoms with Gasteiger partial charge >= 0.3 is 0 Å². The van der Waals surface area contributed by atoms with E-state index >= 15 is 0 Å². The average Bonchev–Trinajstić information content (AvgIpc) is 2.79. The van der Waals surface area contributed by atoms with Gasteiger partial charge in [0.05, 0.1) is 0 Å². The van der Waals surface area contributed by atoms with E-state index in [9.17, 15) is 4.79 Å². The maximum Gasteiger partial charge on any atom is 0.224 e. The van der Waals surface area contributed by atoms with E-state index in [1.807, 2.05) is 11.8 Å². The Balaban J connectivity index is 2.03. The van der Waals surface area contributed by atoms with Gasteiger partial charge < -0.3 is 10.6 Å². The average molecular weight is 260 g/mol. The number of amides is 1. The van der Waals surface area contributed by atoms with Crippen LogP contribution in [0.15, 0.2) is 24.3 Å². The van der Waals surface area contributed by atoms with Gasteiger partial charge in [-0.25, -0.2) is 0 Å². The van der Waals surface area contributed by atoms with Crippen LogP contribution >= 0.6 is 0 Å². The molecule has 3 heteroatoms. The first-order valence-corrected chi connectivity index (χ1v) is 7.17. The van der Waals surface area contributed by atoms with Crippen LogP contribution in [-0.2, 0) is 11.2 Å². The molecule has 3 nitrogen and oxygen atoms in total. The fourth-order valence-corrected chi connectivity index (χ4v) is 2.86. The van der Waals surface area contributed by atoms with Gasteiger partial charge in [0, 0.05) is 25.0 Å². The summed E-state index contributed by atoms with van der Waals surface area (Å²) in [5.41, 5.74) is 8.40. The Morgan fingerprint density at radius 2 is 2.21 bits per heavy atom. The normalized spacial score (nSPS) is 20.6. The van der Waals surface area contributed by atoms with Crippen LogP contribution in [0.1, 0.15) is 37.3 Å². The van der Waals surface area contributed by atoms with E-state index in [4.69, 9.17) is 5.73 Å². The fourth-order valence-electron chi connectivity index (χ4n) is 2.86. The molecule has 2 atom stereocenters. The first-order chi connectivity index (χ1) is 9.08. The Morgan fingerprint density at radius 1 is 1.47 bits per heavy atom. The zero-order chi connectivity index (χ0) is 13.8. The molecule has 1 aliphatic rings. The molecule has 1 fully saturated rings. The van der Waals surface area contributed by atoms with Crippen molar-refractivity contribution in [1.82, 2.24) is 4.90 Å². The quantitative estimate of drug-likeness (QED) is 0.902. The van der Waals surface area contributed by atoms with Crippen molar-refractivity contribution in [2.75, 3.05) is 6.54 Å². The van der Waals surface area contributed by atoms with Crippen molar-refractivity contribution >= 4 is 5.91 Å². The second-order valence-electron chi connectivity index (χ2n) is 5.70. The maximum absolute atomic E-state index is 12.2. The highest BCUT2D eigenvalue weighted by atomic mass is 16.2. The van der Waals surface area contributed by atoms with Crippen molar-refractivity contribution in [3.8, 4) is 0 Å². The highest BCUT2D eigenvalue weighted by molar-refractivity contribution is 5.77. The Hall–Kier alpha value is -1.35. The molecule has 1 saturated heterocycles. The number of benzene rings is 1. The molecule has 0 saturated carbocycles. The predicted molar refractivity (Wildman–Crippen MR) is 77.9 cm³/mol. The van der Waals surface area contributed by atoms with Crippen molar-refractivity contribution in [1.29, 1.82) is 0 Å². The van der Waals surface area contributed by atoms with Crippen LogP contribution < -0.4 is 5.73 Å². The second-order valence-corrected chi connectivity index (χ2v) is 5.70. The largest absolute Gasteiger partial charge is 0.339 e. The molecule has 1 heterocycles. The van der Waals surface area contributed by atoms with Crippen LogP contribution in [0.4, 0.5) is 0 Å². The zero-order valence-electron chi connectivity index (χ0n) is 11.9. The molecule has 1 aliphatic heterocycles. The molecule has 0 aliphatic carbocycles. The van der Waals surface area contributed by atoms with Crippen LogP contribution in [0.5, 0.6) is 0 Å². The van der Waals surface area contributed by atoms with Gasteiger partial charge in [0.15, 0.2) is 0 Å². The number of nitrogens with zero attached hydrogens (tertiary/aromatic N) is 1. The summed E-state index contributed by atoms with van der Waals surface area (Å²) < 4.78 is 0. The van der Waals surface area contributed by atoms with Crippen molar-refractivity contribution in [2.45, 2.75) is 51.6 Å². The summed E-state index contributed by atoms with van der Waals surface area (Å²) in [6.07, 6.45) is 3.65. The Labute approximate surface area is 115 Å². The minimum absolute atomic E-state index is 0.0489. The van der Waals surface area contributed by atoms with Gasteiger partial charge in [0.25, 0.3) is 0 Å². The molecule has 104 valence electrons. The number of likely N-dealkylation sites (tertiary alicyclic amines) is 1. The number of hydrogen-bond donors (Lipinski definition) is 1. The summed E-state index contributed by atoms with van der Waals surface area (Å²) in [4.78, 5) is 14.2. The first kappa shape index (κ1) is 14.1. The van der Waals surface area contributed by atoms with E-state index in [0.717, 1.165) is 25.8 Å². The standard InChI is InChI=1S/C16H24N2O/c1-12-6-3-4-7-14(12)11-15-8-5-9-18(15)16(19)10-13(2)17/h3-4,6-7,13,15H,5,8-11,17H2,1-2H3. The third-order valence-corrected chi connectivity index (χ3v) is 3.91. The van der Waals surface area contributed by atoms with E-state index in [-0.39, 0.29) is 11.9 Å². The van der Waals surface area contributed by atoms with Crippen molar-refractivity contribution < 1.29 is 4.79 Å². The highest BCUT2D eigenvalue weighted by Gasteiger charge is 2.29. The summed E-state index contributed by atoms with van der Waals surface area (Å²) in [5.74, 6) is 0.214. The molecule has 0 radical (unpaired) electrons. The number of aryl methyl sites for hydroxylation is 1. The minimum atomic E-state index is -0.0489. The lowest BCUT2D eigenvalue weighted by Crippen LogP contribution is -2.39. The van der Waals surface area contributed by atoms with Crippen molar-refractivity contribution in [3.63, 3.8) is 0 Å². The molecule has 2 N–H and O–H groups in total. The Kier molecular flexibility index (Phi) is 4.59. The molecule has 2 unspecified atom stereocenters. The second kappa shape index (κ2) is 6.20. The molecule has 19 heavy (non-hydrogen) atoms. The van der Waals surface area contributed by atoms with Gasteiger partial charge in [-0.3, -0.25) is 4.79 Å². The van der Waals surface area contributed by atoms with Gasteiger partial charge in [-0.1, -0.05) is 24.3 Å². The Morgan fingerprint density at radius 3 is 2.89 bits per heavy atom. The summed E-state index contributed by atoms with van der Waals surface area (Å²) >= 11 is 0. The van der Waals surface area contributed by atoms with Gasteiger partial charge in [-0.05, 0) is 44.2 Å². The number of hydrogen-bond acceptors (Lipinski definition) is 2. The number of carbonyl (C=O) groups excluding carboxylic acids is 1. The van der Waals surface area contributed by atoms with E-state index in [1.54, 1.807) is 0 Å². The predicted octanol–water partition coefficient (Wildman–Crippen LogP) is 2.27. The molecule has 2 rings (SSSR count). The lowest BCUT2D eigenvalue weighted by atomic mass is 9.99. The third kappa shape index (κ3) is 3.57. The Bertz CT molecular complexity index is 442. The number of rotatable bonds is 4. The van der Waals surface area contributed by atoms with E-state index in [2.05, 4.69) is 31.2 Å². The summed E-state index contributed by atoms with van der Waals surface area (Å²) in [6.45, 7) is 4.92. The smallest absolute Gasteiger partial charge is 0.224 e. The molecule has 0 bridgehead atoms. The van der Waals surface area contributed by atoms with Crippen LogP contribution in [0, 0.1) is 6.92 Å². The highest BCUT2D eigenvalue weighted by Crippen LogP contribution is 2.23. The van der Waals surface area contributed by atoms with Crippen LogP contribution in [0.2, 0.25) is 0 Å². The number of nitrogens with two attached hydrogens (primary N) is 1. The third-order valence-electron chi connectivity index (χ3n) is 3.91. The van der Waals surface area contributed by atoms with Crippen molar-refractivity contribution in [3.05, 3.63) is 35.4 Å². The topological polar surface area (TPSA) is 46.3 Å². The van der Waals surface area contributed by atoms with Gasteiger partial charge in [-0.2, -0.15) is 0 Å². The van der Waals surface area contributed by atoms with Crippen LogP contribution in [-0.4, -0.2) is 29.4 Å². The summed E-state index contributed by atoms with van der Waals surface area (Å²) in [5, 5.41) is 0. The molecule has 0 spiro atoms. The van der Waals surface area contributed by atoms with Gasteiger partial charge in [0.1, 0.15) is 0 Å².